The van der Waals surface area contributed by atoms with Crippen LogP contribution in [0.5, 0.6) is 0 Å². The summed E-state index contributed by atoms with van der Waals surface area (Å²) in [6.07, 6.45) is 0.0579. The minimum absolute atomic E-state index is 0.0579. The molecule has 0 aliphatic heterocycles. The average molecular weight is 367 g/mol. The van der Waals surface area contributed by atoms with Crippen LogP contribution in [-0.2, 0) is 4.79 Å². The Labute approximate surface area is 155 Å². The molecule has 3 rings (SSSR count). The first kappa shape index (κ1) is 18.4. The number of hydrogen-bond acceptors (Lipinski definition) is 5. The molecule has 3 aromatic rings. The van der Waals surface area contributed by atoms with Gasteiger partial charge in [-0.3, -0.25) is 9.59 Å². The summed E-state index contributed by atoms with van der Waals surface area (Å²) in [5, 5.41) is 10.5. The zero-order chi connectivity index (χ0) is 19.2. The lowest BCUT2D eigenvalue weighted by Crippen LogP contribution is -2.30. The summed E-state index contributed by atoms with van der Waals surface area (Å²) in [6, 6.07) is 14.5. The number of carbonyl (C=O) groups excluding carboxylic acids is 2. The summed E-state index contributed by atoms with van der Waals surface area (Å²) in [6.45, 7) is 1.51. The molecule has 6 nitrogen and oxygen atoms in total. The molecule has 7 heteroatoms. The van der Waals surface area contributed by atoms with Crippen LogP contribution < -0.4 is 5.32 Å². The zero-order valence-electron chi connectivity index (χ0n) is 14.7. The lowest BCUT2D eigenvalue weighted by atomic mass is 9.95. The standard InChI is InChI=1S/C20H18FN3O3/c1-13-23-24-20(27-13)17(14-5-3-2-4-6-14)11-19(26)22-12-18(25)15-7-9-16(21)10-8-15/h2-10,17H,11-12H2,1H3,(H,22,26). The van der Waals surface area contributed by atoms with Gasteiger partial charge in [0.1, 0.15) is 5.82 Å². The monoisotopic (exact) mass is 367 g/mol. The van der Waals surface area contributed by atoms with Gasteiger partial charge in [0.05, 0.1) is 12.5 Å². The van der Waals surface area contributed by atoms with Crippen molar-refractivity contribution < 1.29 is 18.4 Å². The molecule has 1 unspecified atom stereocenters. The van der Waals surface area contributed by atoms with Crippen molar-refractivity contribution in [2.45, 2.75) is 19.3 Å². The number of ketones is 1. The Balaban J connectivity index is 1.66. The van der Waals surface area contributed by atoms with Crippen molar-refractivity contribution >= 4 is 11.7 Å². The molecule has 0 bridgehead atoms. The van der Waals surface area contributed by atoms with Crippen LogP contribution in [0, 0.1) is 12.7 Å². The highest BCUT2D eigenvalue weighted by Gasteiger charge is 2.23. The highest BCUT2D eigenvalue weighted by atomic mass is 19.1. The highest BCUT2D eigenvalue weighted by Crippen LogP contribution is 2.26. The highest BCUT2D eigenvalue weighted by molar-refractivity contribution is 5.99. The van der Waals surface area contributed by atoms with Crippen molar-refractivity contribution in [3.05, 3.63) is 83.3 Å². The van der Waals surface area contributed by atoms with Gasteiger partial charge in [-0.25, -0.2) is 4.39 Å². The predicted molar refractivity (Wildman–Crippen MR) is 95.7 cm³/mol. The quantitative estimate of drug-likeness (QED) is 0.649. The molecule has 138 valence electrons. The molecule has 27 heavy (non-hydrogen) atoms. The third-order valence-electron chi connectivity index (χ3n) is 4.04. The van der Waals surface area contributed by atoms with Crippen LogP contribution in [0.2, 0.25) is 0 Å². The van der Waals surface area contributed by atoms with E-state index in [1.165, 1.54) is 24.3 Å². The maximum atomic E-state index is 12.9. The molecular weight excluding hydrogens is 349 g/mol. The molecule has 1 N–H and O–H groups in total. The molecule has 1 heterocycles. The Hall–Kier alpha value is -3.35. The number of aromatic nitrogens is 2. The normalized spacial score (nSPS) is 11.8. The van der Waals surface area contributed by atoms with Crippen molar-refractivity contribution in [1.82, 2.24) is 15.5 Å². The fourth-order valence-corrected chi connectivity index (χ4v) is 2.66. The second-order valence-corrected chi connectivity index (χ2v) is 6.03. The van der Waals surface area contributed by atoms with E-state index in [0.717, 1.165) is 5.56 Å². The first-order valence-electron chi connectivity index (χ1n) is 8.43. The molecule has 0 aliphatic rings. The Morgan fingerprint density at radius 1 is 1.07 bits per heavy atom. The van der Waals surface area contributed by atoms with Gasteiger partial charge in [0, 0.05) is 18.9 Å². The summed E-state index contributed by atoms with van der Waals surface area (Å²) in [7, 11) is 0. The lowest BCUT2D eigenvalue weighted by molar-refractivity contribution is -0.121. The van der Waals surface area contributed by atoms with Crippen LogP contribution in [-0.4, -0.2) is 28.4 Å². The second-order valence-electron chi connectivity index (χ2n) is 6.03. The molecule has 1 amide bonds. The van der Waals surface area contributed by atoms with Gasteiger partial charge < -0.3 is 9.73 Å². The predicted octanol–water partition coefficient (Wildman–Crippen LogP) is 3.04. The van der Waals surface area contributed by atoms with E-state index >= 15 is 0 Å². The van der Waals surface area contributed by atoms with Crippen LogP contribution >= 0.6 is 0 Å². The summed E-state index contributed by atoms with van der Waals surface area (Å²) in [5.41, 5.74) is 1.20. The van der Waals surface area contributed by atoms with Crippen molar-refractivity contribution in [3.63, 3.8) is 0 Å². The molecule has 0 saturated heterocycles. The zero-order valence-corrected chi connectivity index (χ0v) is 14.7. The Morgan fingerprint density at radius 3 is 2.41 bits per heavy atom. The summed E-state index contributed by atoms with van der Waals surface area (Å²) >= 11 is 0. The number of benzene rings is 2. The lowest BCUT2D eigenvalue weighted by Gasteiger charge is -2.13. The third kappa shape index (κ3) is 4.84. The number of halogens is 1. The van der Waals surface area contributed by atoms with Crippen molar-refractivity contribution in [2.24, 2.45) is 0 Å². The van der Waals surface area contributed by atoms with Crippen molar-refractivity contribution in [2.75, 3.05) is 6.54 Å². The van der Waals surface area contributed by atoms with E-state index in [9.17, 15) is 14.0 Å². The first-order valence-corrected chi connectivity index (χ1v) is 8.43. The average Bonchev–Trinajstić information content (AvgIpc) is 3.11. The fourth-order valence-electron chi connectivity index (χ4n) is 2.66. The van der Waals surface area contributed by atoms with E-state index in [1.807, 2.05) is 30.3 Å². The number of nitrogens with one attached hydrogen (secondary N) is 1. The van der Waals surface area contributed by atoms with E-state index in [4.69, 9.17) is 4.42 Å². The van der Waals surface area contributed by atoms with E-state index in [0.29, 0.717) is 17.3 Å². The van der Waals surface area contributed by atoms with Crippen LogP contribution in [0.4, 0.5) is 4.39 Å². The Bertz CT molecular complexity index is 923. The largest absolute Gasteiger partial charge is 0.425 e. The number of amides is 1. The number of carbonyl (C=O) groups is 2. The van der Waals surface area contributed by atoms with Crippen molar-refractivity contribution in [1.29, 1.82) is 0 Å². The second kappa shape index (κ2) is 8.35. The van der Waals surface area contributed by atoms with E-state index in [2.05, 4.69) is 15.5 Å². The summed E-state index contributed by atoms with van der Waals surface area (Å²) in [5.74, 6) is -0.690. The van der Waals surface area contributed by atoms with Gasteiger partial charge in [-0.1, -0.05) is 30.3 Å². The molecule has 1 atom stereocenters. The minimum Gasteiger partial charge on any atom is -0.425 e. The van der Waals surface area contributed by atoms with E-state index < -0.39 is 11.7 Å². The van der Waals surface area contributed by atoms with Crippen LogP contribution in [0.1, 0.15) is 40.0 Å². The molecule has 0 saturated carbocycles. The minimum atomic E-state index is -0.420. The smallest absolute Gasteiger partial charge is 0.224 e. The number of nitrogens with zero attached hydrogens (tertiary/aromatic N) is 2. The molecule has 0 aliphatic carbocycles. The van der Waals surface area contributed by atoms with E-state index in [-0.39, 0.29) is 24.7 Å². The van der Waals surface area contributed by atoms with Gasteiger partial charge in [0.25, 0.3) is 0 Å². The molecule has 0 spiro atoms. The van der Waals surface area contributed by atoms with Gasteiger partial charge in [0.15, 0.2) is 5.78 Å². The molecule has 2 aromatic carbocycles. The number of aryl methyl sites for hydroxylation is 1. The topological polar surface area (TPSA) is 85.1 Å². The summed E-state index contributed by atoms with van der Waals surface area (Å²) in [4.78, 5) is 24.5. The number of Topliss-reactive ketones (excluding diaryl/α,β-unsaturated/α-hetero) is 1. The van der Waals surface area contributed by atoms with Gasteiger partial charge in [-0.15, -0.1) is 10.2 Å². The molecule has 0 radical (unpaired) electrons. The van der Waals surface area contributed by atoms with Gasteiger partial charge >= 0.3 is 0 Å². The number of rotatable bonds is 7. The first-order chi connectivity index (χ1) is 13.0. The van der Waals surface area contributed by atoms with Gasteiger partial charge in [-0.2, -0.15) is 0 Å². The van der Waals surface area contributed by atoms with Crippen LogP contribution in [0.3, 0.4) is 0 Å². The van der Waals surface area contributed by atoms with Gasteiger partial charge in [0.2, 0.25) is 17.7 Å². The maximum absolute atomic E-state index is 12.9. The van der Waals surface area contributed by atoms with E-state index in [1.54, 1.807) is 6.92 Å². The van der Waals surface area contributed by atoms with Gasteiger partial charge in [-0.05, 0) is 29.8 Å². The van der Waals surface area contributed by atoms with Crippen LogP contribution in [0.25, 0.3) is 0 Å². The molecular formula is C20H18FN3O3. The Kier molecular flexibility index (Phi) is 5.71. The molecule has 1 aromatic heterocycles. The molecule has 0 fully saturated rings. The SMILES string of the molecule is Cc1nnc(C(CC(=O)NCC(=O)c2ccc(F)cc2)c2ccccc2)o1. The van der Waals surface area contributed by atoms with Crippen molar-refractivity contribution in [3.8, 4) is 0 Å². The third-order valence-corrected chi connectivity index (χ3v) is 4.04. The fraction of sp³-hybridized carbons (Fsp3) is 0.200. The van der Waals surface area contributed by atoms with Crippen LogP contribution in [0.15, 0.2) is 59.0 Å². The number of hydrogen-bond donors (Lipinski definition) is 1. The maximum Gasteiger partial charge on any atom is 0.224 e. The Morgan fingerprint density at radius 2 is 1.78 bits per heavy atom. The summed E-state index contributed by atoms with van der Waals surface area (Å²) < 4.78 is 18.4.